The van der Waals surface area contributed by atoms with Gasteiger partial charge in [0.05, 0.1) is 10.6 Å². The van der Waals surface area contributed by atoms with Crippen LogP contribution in [0.1, 0.15) is 20.8 Å². The second kappa shape index (κ2) is 3.88. The quantitative estimate of drug-likeness (QED) is 0.553. The minimum atomic E-state index is -0.290. The molecule has 0 unspecified atom stereocenters. The molecule has 1 heterocycles. The molecule has 0 N–H and O–H groups in total. The summed E-state index contributed by atoms with van der Waals surface area (Å²) < 4.78 is 2.63. The first-order valence-corrected chi connectivity index (χ1v) is 4.81. The van der Waals surface area contributed by atoms with E-state index in [0.717, 1.165) is 10.1 Å². The molecule has 0 bridgehead atoms. The summed E-state index contributed by atoms with van der Waals surface area (Å²) in [6, 6.07) is 0. The van der Waals surface area contributed by atoms with Gasteiger partial charge < -0.3 is 0 Å². The first kappa shape index (κ1) is 11.5. The zero-order chi connectivity index (χ0) is 11.7. The van der Waals surface area contributed by atoms with E-state index in [1.54, 1.807) is 20.0 Å². The lowest BCUT2D eigenvalue weighted by molar-refractivity contribution is 0.657. The summed E-state index contributed by atoms with van der Waals surface area (Å²) >= 11 is 0. The molecule has 0 aliphatic heterocycles. The van der Waals surface area contributed by atoms with E-state index in [-0.39, 0.29) is 11.2 Å². The van der Waals surface area contributed by atoms with Crippen molar-refractivity contribution >= 4 is 11.6 Å². The molecule has 82 valence electrons. The van der Waals surface area contributed by atoms with Crippen LogP contribution in [0.4, 0.5) is 0 Å². The highest BCUT2D eigenvalue weighted by Crippen LogP contribution is 1.80. The molecule has 0 aliphatic carbocycles. The lowest BCUT2D eigenvalue weighted by atomic mass is 10.2. The number of rotatable bonds is 0. The molecule has 15 heavy (non-hydrogen) atoms. The highest BCUT2D eigenvalue weighted by Gasteiger charge is 2.04. The standard InChI is InChI=1S/C11H16N2O2/c1-6-8-9(7(2)3)12(4)11(15)13(5)10(8)14/h6H,1-5H3. The Kier molecular flexibility index (Phi) is 2.98. The van der Waals surface area contributed by atoms with Crippen LogP contribution in [0, 0.1) is 0 Å². The van der Waals surface area contributed by atoms with Gasteiger partial charge in [0.1, 0.15) is 0 Å². The average Bonchev–Trinajstić information content (AvgIpc) is 2.19. The van der Waals surface area contributed by atoms with Crippen molar-refractivity contribution < 1.29 is 0 Å². The maximum atomic E-state index is 11.8. The van der Waals surface area contributed by atoms with Crippen LogP contribution in [0.2, 0.25) is 0 Å². The molecule has 0 radical (unpaired) electrons. The molecular weight excluding hydrogens is 192 g/mol. The number of hydrogen-bond donors (Lipinski definition) is 0. The topological polar surface area (TPSA) is 44.0 Å². The smallest absolute Gasteiger partial charge is 0.296 e. The fourth-order valence-electron chi connectivity index (χ4n) is 1.74. The van der Waals surface area contributed by atoms with Crippen molar-refractivity contribution in [2.24, 2.45) is 14.1 Å². The predicted octanol–water partition coefficient (Wildman–Crippen LogP) is -0.925. The number of hydrogen-bond acceptors (Lipinski definition) is 2. The van der Waals surface area contributed by atoms with Gasteiger partial charge in [0.2, 0.25) is 0 Å². The van der Waals surface area contributed by atoms with Crippen molar-refractivity contribution in [3.8, 4) is 0 Å². The zero-order valence-corrected chi connectivity index (χ0v) is 9.79. The van der Waals surface area contributed by atoms with Crippen LogP contribution >= 0.6 is 0 Å². The lowest BCUT2D eigenvalue weighted by Crippen LogP contribution is -2.57. The van der Waals surface area contributed by atoms with Gasteiger partial charge in [-0.3, -0.25) is 13.9 Å². The third-order valence-corrected chi connectivity index (χ3v) is 2.46. The van der Waals surface area contributed by atoms with Gasteiger partial charge in [-0.15, -0.1) is 0 Å². The lowest BCUT2D eigenvalue weighted by Gasteiger charge is -2.05. The van der Waals surface area contributed by atoms with E-state index in [1.807, 2.05) is 13.8 Å². The van der Waals surface area contributed by atoms with Crippen LogP contribution in [0.3, 0.4) is 0 Å². The molecule has 4 nitrogen and oxygen atoms in total. The Hall–Kier alpha value is -1.58. The van der Waals surface area contributed by atoms with E-state index in [1.165, 1.54) is 11.6 Å². The number of nitrogens with zero attached hydrogens (tertiary/aromatic N) is 2. The predicted molar refractivity (Wildman–Crippen MR) is 61.1 cm³/mol. The van der Waals surface area contributed by atoms with Crippen LogP contribution in [0.15, 0.2) is 9.59 Å². The van der Waals surface area contributed by atoms with Crippen molar-refractivity contribution in [2.45, 2.75) is 20.8 Å². The van der Waals surface area contributed by atoms with Gasteiger partial charge in [0.15, 0.2) is 0 Å². The van der Waals surface area contributed by atoms with E-state index in [2.05, 4.69) is 0 Å². The Balaban J connectivity index is 4.29. The zero-order valence-electron chi connectivity index (χ0n) is 9.79. The summed E-state index contributed by atoms with van der Waals surface area (Å²) in [6.45, 7) is 5.58. The highest BCUT2D eigenvalue weighted by molar-refractivity contribution is 5.37. The van der Waals surface area contributed by atoms with Crippen LogP contribution < -0.4 is 21.8 Å². The average molecular weight is 208 g/mol. The molecule has 4 heteroatoms. The van der Waals surface area contributed by atoms with Crippen molar-refractivity contribution in [2.75, 3.05) is 0 Å². The molecule has 0 saturated heterocycles. The fraction of sp³-hybridized carbons (Fsp3) is 0.455. The van der Waals surface area contributed by atoms with Crippen LogP contribution in [-0.2, 0) is 14.1 Å². The molecule has 0 aromatic carbocycles. The van der Waals surface area contributed by atoms with Crippen LogP contribution in [0.5, 0.6) is 0 Å². The SMILES string of the molecule is CC=c1c(=O)n(C)c(=O)n(C)c1=C(C)C. The molecule has 0 fully saturated rings. The summed E-state index contributed by atoms with van der Waals surface area (Å²) in [4.78, 5) is 23.5. The summed E-state index contributed by atoms with van der Waals surface area (Å²) in [6.07, 6.45) is 1.74. The van der Waals surface area contributed by atoms with E-state index in [9.17, 15) is 9.59 Å². The Bertz CT molecular complexity index is 614. The van der Waals surface area contributed by atoms with Crippen molar-refractivity contribution in [1.82, 2.24) is 9.13 Å². The second-order valence-corrected chi connectivity index (χ2v) is 3.76. The molecule has 0 saturated carbocycles. The summed E-state index contributed by atoms with van der Waals surface area (Å²) in [5, 5.41) is 1.30. The number of aromatic nitrogens is 2. The Morgan fingerprint density at radius 2 is 1.67 bits per heavy atom. The van der Waals surface area contributed by atoms with Gasteiger partial charge in [-0.2, -0.15) is 0 Å². The van der Waals surface area contributed by atoms with E-state index < -0.39 is 0 Å². The van der Waals surface area contributed by atoms with Crippen molar-refractivity contribution in [3.05, 3.63) is 31.4 Å². The largest absolute Gasteiger partial charge is 0.330 e. The van der Waals surface area contributed by atoms with E-state index in [0.29, 0.717) is 10.6 Å². The summed E-state index contributed by atoms with van der Waals surface area (Å²) in [5.74, 6) is 0. The Morgan fingerprint density at radius 3 is 2.07 bits per heavy atom. The maximum Gasteiger partial charge on any atom is 0.330 e. The molecule has 0 spiro atoms. The normalized spacial score (nSPS) is 11.9. The maximum absolute atomic E-state index is 11.8. The van der Waals surface area contributed by atoms with Gasteiger partial charge >= 0.3 is 5.69 Å². The second-order valence-electron chi connectivity index (χ2n) is 3.76. The summed E-state index contributed by atoms with van der Waals surface area (Å²) in [5.41, 5.74) is 0.430. The van der Waals surface area contributed by atoms with Gasteiger partial charge in [0, 0.05) is 14.1 Å². The fourth-order valence-corrected chi connectivity index (χ4v) is 1.74. The molecule has 0 amide bonds. The monoisotopic (exact) mass is 208 g/mol. The minimum Gasteiger partial charge on any atom is -0.296 e. The molecule has 0 atom stereocenters. The highest BCUT2D eigenvalue weighted by atomic mass is 16.2. The van der Waals surface area contributed by atoms with Crippen LogP contribution in [0.25, 0.3) is 11.6 Å². The molecule has 1 rings (SSSR count). The van der Waals surface area contributed by atoms with Gasteiger partial charge in [-0.1, -0.05) is 11.6 Å². The third kappa shape index (κ3) is 1.67. The summed E-state index contributed by atoms with van der Waals surface area (Å²) in [7, 11) is 3.17. The van der Waals surface area contributed by atoms with Crippen molar-refractivity contribution in [3.63, 3.8) is 0 Å². The Labute approximate surface area is 87.8 Å². The first-order valence-electron chi connectivity index (χ1n) is 4.81. The minimum absolute atomic E-state index is 0.239. The first-order chi connectivity index (χ1) is 6.91. The van der Waals surface area contributed by atoms with Gasteiger partial charge in [0.25, 0.3) is 5.56 Å². The molecule has 1 aromatic rings. The van der Waals surface area contributed by atoms with Gasteiger partial charge in [-0.25, -0.2) is 4.79 Å². The molecule has 0 aliphatic rings. The van der Waals surface area contributed by atoms with E-state index >= 15 is 0 Å². The van der Waals surface area contributed by atoms with Crippen LogP contribution in [-0.4, -0.2) is 9.13 Å². The third-order valence-electron chi connectivity index (χ3n) is 2.46. The molecular formula is C11H16N2O2. The Morgan fingerprint density at radius 1 is 1.13 bits per heavy atom. The van der Waals surface area contributed by atoms with Crippen molar-refractivity contribution in [1.29, 1.82) is 0 Å². The van der Waals surface area contributed by atoms with E-state index in [4.69, 9.17) is 0 Å². The molecule has 1 aromatic heterocycles. The van der Waals surface area contributed by atoms with Gasteiger partial charge in [-0.05, 0) is 20.8 Å².